The van der Waals surface area contributed by atoms with Crippen molar-refractivity contribution >= 4 is 21.9 Å². The summed E-state index contributed by atoms with van der Waals surface area (Å²) in [4.78, 5) is 10.4. The minimum absolute atomic E-state index is 0.351. The molecule has 2 aromatic heterocycles. The Morgan fingerprint density at radius 3 is 2.02 bits per heavy atom. The van der Waals surface area contributed by atoms with Gasteiger partial charge < -0.3 is 4.42 Å². The topological polar surface area (TPSA) is 38.9 Å². The highest BCUT2D eigenvalue weighted by Gasteiger charge is 2.42. The van der Waals surface area contributed by atoms with E-state index in [0.717, 1.165) is 50.0 Å². The first-order valence-electron chi connectivity index (χ1n) is 15.3. The summed E-state index contributed by atoms with van der Waals surface area (Å²) in [5.74, 6) is 0.703. The van der Waals surface area contributed by atoms with E-state index in [1.165, 1.54) is 27.8 Å². The molecule has 0 fully saturated rings. The molecule has 9 rings (SSSR count). The fourth-order valence-corrected chi connectivity index (χ4v) is 7.22. The van der Waals surface area contributed by atoms with Gasteiger partial charge in [0, 0.05) is 32.9 Å². The number of benzene rings is 6. The van der Waals surface area contributed by atoms with E-state index in [9.17, 15) is 0 Å². The van der Waals surface area contributed by atoms with Crippen molar-refractivity contribution in [3.05, 3.63) is 168 Å². The SMILES string of the molecule is CC1(c2ccccc2)c2ccccc2-c2cccc(-c3cc(-c4ccc5oc6ccccc6c5c4)nc(-c4ccccc4)n3)c21. The molecular formula is C42H28N2O. The third-order valence-corrected chi connectivity index (χ3v) is 9.38. The normalized spacial score (nSPS) is 15.3. The predicted molar refractivity (Wildman–Crippen MR) is 183 cm³/mol. The van der Waals surface area contributed by atoms with Crippen LogP contribution in [0.4, 0.5) is 0 Å². The molecule has 0 aliphatic heterocycles. The van der Waals surface area contributed by atoms with Crippen LogP contribution in [0, 0.1) is 0 Å². The van der Waals surface area contributed by atoms with Crippen molar-refractivity contribution in [3.8, 4) is 45.0 Å². The Labute approximate surface area is 261 Å². The number of nitrogens with zero attached hydrogens (tertiary/aromatic N) is 2. The van der Waals surface area contributed by atoms with Crippen LogP contribution in [0.15, 0.2) is 156 Å². The van der Waals surface area contributed by atoms with Gasteiger partial charge in [-0.2, -0.15) is 0 Å². The van der Waals surface area contributed by atoms with Gasteiger partial charge in [-0.05, 0) is 65.1 Å². The van der Waals surface area contributed by atoms with Crippen LogP contribution in [0.5, 0.6) is 0 Å². The average molecular weight is 577 g/mol. The third kappa shape index (κ3) is 3.91. The second-order valence-electron chi connectivity index (χ2n) is 11.9. The lowest BCUT2D eigenvalue weighted by atomic mass is 9.72. The van der Waals surface area contributed by atoms with Crippen molar-refractivity contribution in [2.24, 2.45) is 0 Å². The first kappa shape index (κ1) is 25.7. The highest BCUT2D eigenvalue weighted by Crippen LogP contribution is 2.55. The lowest BCUT2D eigenvalue weighted by molar-refractivity contribution is 0.669. The zero-order chi connectivity index (χ0) is 30.0. The predicted octanol–water partition coefficient (Wildman–Crippen LogP) is 10.7. The summed E-state index contributed by atoms with van der Waals surface area (Å²) in [7, 11) is 0. The highest BCUT2D eigenvalue weighted by molar-refractivity contribution is 6.06. The quantitative estimate of drug-likeness (QED) is 0.209. The number of aromatic nitrogens is 2. The van der Waals surface area contributed by atoms with Gasteiger partial charge in [-0.25, -0.2) is 9.97 Å². The molecule has 8 aromatic rings. The molecule has 6 aromatic carbocycles. The van der Waals surface area contributed by atoms with Gasteiger partial charge in [0.1, 0.15) is 11.2 Å². The minimum atomic E-state index is -0.351. The Morgan fingerprint density at radius 2 is 1.16 bits per heavy atom. The molecule has 3 nitrogen and oxygen atoms in total. The van der Waals surface area contributed by atoms with E-state index in [4.69, 9.17) is 14.4 Å². The third-order valence-electron chi connectivity index (χ3n) is 9.38. The summed E-state index contributed by atoms with van der Waals surface area (Å²) in [5.41, 5.74) is 12.7. The molecule has 1 atom stereocenters. The maximum atomic E-state index is 6.14. The molecule has 0 spiro atoms. The monoisotopic (exact) mass is 576 g/mol. The Kier molecular flexibility index (Phi) is 5.63. The zero-order valence-electron chi connectivity index (χ0n) is 24.7. The van der Waals surface area contributed by atoms with Crippen molar-refractivity contribution in [3.63, 3.8) is 0 Å². The molecule has 0 N–H and O–H groups in total. The molecular weight excluding hydrogens is 548 g/mol. The average Bonchev–Trinajstić information content (AvgIpc) is 3.62. The smallest absolute Gasteiger partial charge is 0.160 e. The maximum Gasteiger partial charge on any atom is 0.160 e. The van der Waals surface area contributed by atoms with Crippen molar-refractivity contribution in [2.45, 2.75) is 12.3 Å². The Balaban J connectivity index is 1.31. The van der Waals surface area contributed by atoms with E-state index < -0.39 is 0 Å². The maximum absolute atomic E-state index is 6.14. The Bertz CT molecular complexity index is 2390. The summed E-state index contributed by atoms with van der Waals surface area (Å²) in [5, 5.41) is 2.18. The summed E-state index contributed by atoms with van der Waals surface area (Å²) in [6, 6.07) is 53.2. The lowest BCUT2D eigenvalue weighted by Crippen LogP contribution is -2.23. The van der Waals surface area contributed by atoms with Crippen LogP contribution in [-0.4, -0.2) is 9.97 Å². The van der Waals surface area contributed by atoms with Gasteiger partial charge in [0.2, 0.25) is 0 Å². The van der Waals surface area contributed by atoms with E-state index in [-0.39, 0.29) is 5.41 Å². The fraction of sp³-hybridized carbons (Fsp3) is 0.0476. The van der Waals surface area contributed by atoms with Crippen molar-refractivity contribution in [1.29, 1.82) is 0 Å². The fourth-order valence-electron chi connectivity index (χ4n) is 7.22. The van der Waals surface area contributed by atoms with Crippen molar-refractivity contribution in [1.82, 2.24) is 9.97 Å². The van der Waals surface area contributed by atoms with E-state index in [1.807, 2.05) is 30.3 Å². The van der Waals surface area contributed by atoms with Crippen molar-refractivity contribution in [2.75, 3.05) is 0 Å². The molecule has 0 amide bonds. The van der Waals surface area contributed by atoms with Crippen LogP contribution in [0.1, 0.15) is 23.6 Å². The number of hydrogen-bond acceptors (Lipinski definition) is 3. The van der Waals surface area contributed by atoms with E-state index >= 15 is 0 Å². The summed E-state index contributed by atoms with van der Waals surface area (Å²) in [6.45, 7) is 2.36. The van der Waals surface area contributed by atoms with Crippen LogP contribution in [-0.2, 0) is 5.41 Å². The van der Waals surface area contributed by atoms with Crippen LogP contribution in [0.3, 0.4) is 0 Å². The highest BCUT2D eigenvalue weighted by atomic mass is 16.3. The molecule has 1 aliphatic rings. The zero-order valence-corrected chi connectivity index (χ0v) is 24.7. The van der Waals surface area contributed by atoms with Gasteiger partial charge in [-0.3, -0.25) is 0 Å². The second kappa shape index (κ2) is 9.87. The molecule has 1 unspecified atom stereocenters. The molecule has 45 heavy (non-hydrogen) atoms. The van der Waals surface area contributed by atoms with Gasteiger partial charge >= 0.3 is 0 Å². The number of fused-ring (bicyclic) bond motifs is 6. The van der Waals surface area contributed by atoms with E-state index in [2.05, 4.69) is 128 Å². The molecule has 1 aliphatic carbocycles. The number of furan rings is 1. The molecule has 0 radical (unpaired) electrons. The molecule has 3 heteroatoms. The van der Waals surface area contributed by atoms with Crippen LogP contribution in [0.2, 0.25) is 0 Å². The summed E-state index contributed by atoms with van der Waals surface area (Å²) < 4.78 is 6.14. The van der Waals surface area contributed by atoms with Crippen molar-refractivity contribution < 1.29 is 4.42 Å². The first-order valence-corrected chi connectivity index (χ1v) is 15.3. The Hall–Kier alpha value is -5.80. The number of hydrogen-bond donors (Lipinski definition) is 0. The molecule has 0 saturated heterocycles. The van der Waals surface area contributed by atoms with Crippen LogP contribution < -0.4 is 0 Å². The number of rotatable bonds is 4. The van der Waals surface area contributed by atoms with Crippen LogP contribution >= 0.6 is 0 Å². The second-order valence-corrected chi connectivity index (χ2v) is 11.9. The van der Waals surface area contributed by atoms with E-state index in [0.29, 0.717) is 5.82 Å². The molecule has 2 heterocycles. The summed E-state index contributed by atoms with van der Waals surface area (Å²) >= 11 is 0. The largest absolute Gasteiger partial charge is 0.456 e. The molecule has 212 valence electrons. The van der Waals surface area contributed by atoms with Gasteiger partial charge in [-0.1, -0.05) is 121 Å². The lowest BCUT2D eigenvalue weighted by Gasteiger charge is -2.30. The minimum Gasteiger partial charge on any atom is -0.456 e. The standard InChI is InChI=1S/C42H28N2O/c1-42(29-15-6-3-7-16-29)35-21-10-8-17-30(35)32-19-12-20-33(40(32)42)37-26-36(43-41(44-37)27-13-4-2-5-14-27)28-23-24-39-34(25-28)31-18-9-11-22-38(31)45-39/h2-26H,1H3. The first-order chi connectivity index (χ1) is 22.2. The molecule has 0 bridgehead atoms. The Morgan fingerprint density at radius 1 is 0.489 bits per heavy atom. The number of para-hydroxylation sites is 1. The van der Waals surface area contributed by atoms with E-state index in [1.54, 1.807) is 0 Å². The molecule has 0 saturated carbocycles. The van der Waals surface area contributed by atoms with Gasteiger partial charge in [0.05, 0.1) is 11.4 Å². The summed E-state index contributed by atoms with van der Waals surface area (Å²) in [6.07, 6.45) is 0. The van der Waals surface area contributed by atoms with Gasteiger partial charge in [-0.15, -0.1) is 0 Å². The van der Waals surface area contributed by atoms with Gasteiger partial charge in [0.15, 0.2) is 5.82 Å². The van der Waals surface area contributed by atoms with Crippen LogP contribution in [0.25, 0.3) is 67.0 Å². The van der Waals surface area contributed by atoms with Gasteiger partial charge in [0.25, 0.3) is 0 Å².